The van der Waals surface area contributed by atoms with E-state index in [0.29, 0.717) is 13.0 Å². The number of unbranched alkanes of at least 4 members (excludes halogenated alkanes) is 1. The Morgan fingerprint density at radius 1 is 0.933 bits per heavy atom. The first-order valence-electron chi connectivity index (χ1n) is 15.4. The van der Waals surface area contributed by atoms with Gasteiger partial charge >= 0.3 is 0 Å². The second-order valence-corrected chi connectivity index (χ2v) is 12.6. The quantitative estimate of drug-likeness (QED) is 0.157. The molecule has 8 heteroatoms. The van der Waals surface area contributed by atoms with Crippen LogP contribution in [-0.2, 0) is 34.4 Å². The van der Waals surface area contributed by atoms with E-state index in [9.17, 15) is 14.7 Å². The number of hydrogen-bond donors (Lipinski definition) is 3. The van der Waals surface area contributed by atoms with E-state index in [-0.39, 0.29) is 29.9 Å². The lowest BCUT2D eigenvalue weighted by Crippen LogP contribution is -2.44. The molecule has 2 amide bonds. The van der Waals surface area contributed by atoms with E-state index in [4.69, 9.17) is 10.8 Å². The number of pyridine rings is 1. The molecule has 232 valence electrons. The lowest BCUT2D eigenvalue weighted by Gasteiger charge is -2.19. The van der Waals surface area contributed by atoms with Gasteiger partial charge < -0.3 is 10.8 Å². The molecule has 0 saturated carbocycles. The number of carbonyl (C=O) groups excluding carboxylic acids is 2. The van der Waals surface area contributed by atoms with Crippen molar-refractivity contribution in [3.8, 4) is 17.0 Å². The Hall–Kier alpha value is -4.82. The van der Waals surface area contributed by atoms with Crippen LogP contribution in [0.15, 0.2) is 91.1 Å². The second-order valence-electron chi connectivity index (χ2n) is 12.6. The summed E-state index contributed by atoms with van der Waals surface area (Å²) < 4.78 is 2.06. The number of benzene rings is 3. The van der Waals surface area contributed by atoms with Crippen LogP contribution in [0.3, 0.4) is 0 Å². The molecule has 8 nitrogen and oxygen atoms in total. The zero-order valence-electron chi connectivity index (χ0n) is 26.2. The number of imide groups is 1. The number of aromatic hydroxyl groups is 1. The molecule has 2 heterocycles. The van der Waals surface area contributed by atoms with Gasteiger partial charge in [0.05, 0.1) is 23.8 Å². The number of carbonyl (C=O) groups is 2. The monoisotopic (exact) mass is 603 g/mol. The van der Waals surface area contributed by atoms with Crippen LogP contribution < -0.4 is 11.1 Å². The fraction of sp³-hybridized carbons (Fsp3) is 0.297. The molecule has 0 aliphatic rings. The number of phenols is 1. The van der Waals surface area contributed by atoms with Crippen molar-refractivity contribution in [1.29, 1.82) is 0 Å². The number of nitrogens with two attached hydrogens (primary N) is 1. The van der Waals surface area contributed by atoms with E-state index in [1.165, 1.54) is 11.1 Å². The van der Waals surface area contributed by atoms with E-state index in [1.807, 2.05) is 12.1 Å². The molecule has 1 unspecified atom stereocenters. The van der Waals surface area contributed by atoms with Crippen LogP contribution in [0.2, 0.25) is 0 Å². The third kappa shape index (κ3) is 8.42. The second kappa shape index (κ2) is 13.9. The summed E-state index contributed by atoms with van der Waals surface area (Å²) in [5, 5.41) is 17.9. The summed E-state index contributed by atoms with van der Waals surface area (Å²) in [7, 11) is 0. The highest BCUT2D eigenvalue weighted by atomic mass is 16.3. The number of amides is 2. The molecule has 0 aliphatic heterocycles. The van der Waals surface area contributed by atoms with Crippen molar-refractivity contribution >= 4 is 22.7 Å². The third-order valence-corrected chi connectivity index (χ3v) is 7.99. The number of phenolic OH excluding ortho intramolecular Hbond substituents is 1. The van der Waals surface area contributed by atoms with E-state index >= 15 is 0 Å². The minimum absolute atomic E-state index is 0.0855. The molecule has 45 heavy (non-hydrogen) atoms. The lowest BCUT2D eigenvalue weighted by atomic mass is 9.87. The Labute approximate surface area is 264 Å². The molecular formula is C37H41N5O3. The van der Waals surface area contributed by atoms with E-state index in [1.54, 1.807) is 30.5 Å². The zero-order chi connectivity index (χ0) is 32.0. The first kappa shape index (κ1) is 31.6. The summed E-state index contributed by atoms with van der Waals surface area (Å²) in [6, 6.07) is 26.7. The molecule has 3 aromatic carbocycles. The van der Waals surface area contributed by atoms with Crippen LogP contribution in [0.1, 0.15) is 62.4 Å². The van der Waals surface area contributed by atoms with Gasteiger partial charge in [0.25, 0.3) is 0 Å². The maximum absolute atomic E-state index is 12.5. The summed E-state index contributed by atoms with van der Waals surface area (Å²) in [4.78, 5) is 29.4. The highest BCUT2D eigenvalue weighted by Gasteiger charge is 2.18. The summed E-state index contributed by atoms with van der Waals surface area (Å²) in [6.07, 6.45) is 4.42. The Morgan fingerprint density at radius 3 is 2.40 bits per heavy atom. The number of aryl methyl sites for hydroxylation is 1. The average Bonchev–Trinajstić information content (AvgIpc) is 3.42. The maximum Gasteiger partial charge on any atom is 0.243 e. The summed E-state index contributed by atoms with van der Waals surface area (Å²) >= 11 is 0. The van der Waals surface area contributed by atoms with Crippen molar-refractivity contribution < 1.29 is 14.7 Å². The van der Waals surface area contributed by atoms with Crippen LogP contribution in [0.25, 0.3) is 22.2 Å². The third-order valence-electron chi connectivity index (χ3n) is 7.99. The molecule has 0 saturated heterocycles. The standard InChI is InChI=1S/C37H41N5O3/c1-37(2,3)29-15-10-26(11-16-29)24-42-30(23-34(41-42)28-14-19-33-27(22-28)7-6-20-39-33)8-4-5-9-35(44)40-36(45)32(38)21-25-12-17-31(43)18-13-25/h6-7,10-20,22-23,32,43H,4-5,8-9,21,24,38H2,1-3H3,(H,40,44,45). The van der Waals surface area contributed by atoms with E-state index < -0.39 is 11.9 Å². The van der Waals surface area contributed by atoms with Crippen molar-refractivity contribution in [3.05, 3.63) is 114 Å². The molecule has 4 N–H and O–H groups in total. The normalized spacial score (nSPS) is 12.3. The molecule has 0 aliphatic carbocycles. The minimum atomic E-state index is -0.852. The topological polar surface area (TPSA) is 123 Å². The lowest BCUT2D eigenvalue weighted by molar-refractivity contribution is -0.131. The molecule has 5 rings (SSSR count). The van der Waals surface area contributed by atoms with Gasteiger partial charge in [0, 0.05) is 29.3 Å². The largest absolute Gasteiger partial charge is 0.508 e. The number of nitrogens with one attached hydrogen (secondary N) is 1. The van der Waals surface area contributed by atoms with Crippen LogP contribution in [0.4, 0.5) is 0 Å². The van der Waals surface area contributed by atoms with Gasteiger partial charge in [-0.05, 0) is 84.2 Å². The van der Waals surface area contributed by atoms with Crippen molar-refractivity contribution in [2.24, 2.45) is 5.73 Å². The van der Waals surface area contributed by atoms with Crippen LogP contribution in [0.5, 0.6) is 5.75 Å². The van der Waals surface area contributed by atoms with E-state index in [0.717, 1.165) is 46.3 Å². The van der Waals surface area contributed by atoms with Crippen molar-refractivity contribution in [3.63, 3.8) is 0 Å². The van der Waals surface area contributed by atoms with Gasteiger partial charge in [-0.15, -0.1) is 0 Å². The number of aromatic nitrogens is 3. The molecule has 0 spiro atoms. The number of rotatable bonds is 11. The smallest absolute Gasteiger partial charge is 0.243 e. The van der Waals surface area contributed by atoms with Crippen LogP contribution in [0, 0.1) is 0 Å². The van der Waals surface area contributed by atoms with Gasteiger partial charge in [-0.2, -0.15) is 5.10 Å². The summed E-state index contributed by atoms with van der Waals surface area (Å²) in [5.41, 5.74) is 13.3. The molecular weight excluding hydrogens is 562 g/mol. The van der Waals surface area contributed by atoms with E-state index in [2.05, 4.69) is 84.3 Å². The van der Waals surface area contributed by atoms with Gasteiger partial charge in [0.2, 0.25) is 11.8 Å². The van der Waals surface area contributed by atoms with Crippen molar-refractivity contribution in [1.82, 2.24) is 20.1 Å². The van der Waals surface area contributed by atoms with Gasteiger partial charge in [-0.3, -0.25) is 24.6 Å². The predicted molar refractivity (Wildman–Crippen MR) is 178 cm³/mol. The summed E-state index contributed by atoms with van der Waals surface area (Å²) in [5.74, 6) is -0.690. The van der Waals surface area contributed by atoms with Gasteiger partial charge in [0.1, 0.15) is 5.75 Å². The average molecular weight is 604 g/mol. The SMILES string of the molecule is CC(C)(C)c1ccc(Cn2nc(-c3ccc4ncccc4c3)cc2CCCCC(=O)NC(=O)C(N)Cc2ccc(O)cc2)cc1. The molecule has 5 aromatic rings. The van der Waals surface area contributed by atoms with Crippen LogP contribution >= 0.6 is 0 Å². The first-order chi connectivity index (χ1) is 21.5. The zero-order valence-corrected chi connectivity index (χ0v) is 26.2. The first-order valence-corrected chi connectivity index (χ1v) is 15.4. The number of nitrogens with zero attached hydrogens (tertiary/aromatic N) is 3. The van der Waals surface area contributed by atoms with Crippen molar-refractivity contribution in [2.45, 2.75) is 70.9 Å². The Kier molecular flexibility index (Phi) is 9.74. The summed E-state index contributed by atoms with van der Waals surface area (Å²) in [6.45, 7) is 7.27. The Balaban J connectivity index is 1.22. The fourth-order valence-corrected chi connectivity index (χ4v) is 5.32. The predicted octanol–water partition coefficient (Wildman–Crippen LogP) is 6.08. The molecule has 0 fully saturated rings. The molecule has 0 bridgehead atoms. The van der Waals surface area contributed by atoms with Crippen molar-refractivity contribution in [2.75, 3.05) is 0 Å². The Bertz CT molecular complexity index is 1770. The molecule has 2 aromatic heterocycles. The Morgan fingerprint density at radius 2 is 1.67 bits per heavy atom. The molecule has 0 radical (unpaired) electrons. The highest BCUT2D eigenvalue weighted by molar-refractivity contribution is 5.97. The fourth-order valence-electron chi connectivity index (χ4n) is 5.32. The highest BCUT2D eigenvalue weighted by Crippen LogP contribution is 2.26. The number of hydrogen-bond acceptors (Lipinski definition) is 6. The molecule has 1 atom stereocenters. The maximum atomic E-state index is 12.5. The minimum Gasteiger partial charge on any atom is -0.508 e. The van der Waals surface area contributed by atoms with Gasteiger partial charge in [-0.25, -0.2) is 0 Å². The number of fused-ring (bicyclic) bond motifs is 1. The van der Waals surface area contributed by atoms with Gasteiger partial charge in [0.15, 0.2) is 0 Å². The van der Waals surface area contributed by atoms with Crippen LogP contribution in [-0.4, -0.2) is 37.7 Å². The van der Waals surface area contributed by atoms with Gasteiger partial charge in [-0.1, -0.05) is 69.3 Å².